The van der Waals surface area contributed by atoms with Gasteiger partial charge >= 0.3 is 0 Å². The zero-order valence-electron chi connectivity index (χ0n) is 16.7. The van der Waals surface area contributed by atoms with Crippen LogP contribution in [0.4, 0.5) is 22.0 Å². The first kappa shape index (κ1) is 22.5. The van der Waals surface area contributed by atoms with Gasteiger partial charge in [-0.05, 0) is 18.2 Å². The normalized spacial score (nSPS) is 23.4. The van der Waals surface area contributed by atoms with Gasteiger partial charge in [-0.25, -0.2) is 35.1 Å². The van der Waals surface area contributed by atoms with Gasteiger partial charge in [0, 0.05) is 23.7 Å². The Morgan fingerprint density at radius 3 is 2.44 bits per heavy atom. The molecule has 3 atom stereocenters. The van der Waals surface area contributed by atoms with Crippen molar-refractivity contribution in [3.05, 3.63) is 59.2 Å². The van der Waals surface area contributed by atoms with Crippen LogP contribution in [-0.2, 0) is 14.9 Å². The van der Waals surface area contributed by atoms with Crippen molar-refractivity contribution in [1.29, 1.82) is 0 Å². The molecular formula is C20H18F5N3O3S. The highest BCUT2D eigenvalue weighted by molar-refractivity contribution is 7.88. The number of halogens is 5. The summed E-state index contributed by atoms with van der Waals surface area (Å²) in [7, 11) is -3.64. The van der Waals surface area contributed by atoms with Crippen LogP contribution in [0.25, 0.3) is 11.1 Å². The van der Waals surface area contributed by atoms with E-state index in [4.69, 9.17) is 4.84 Å². The zero-order valence-corrected chi connectivity index (χ0v) is 17.5. The second-order valence-corrected chi connectivity index (χ2v) is 9.45. The number of rotatable bonds is 4. The molecule has 0 radical (unpaired) electrons. The number of oxime groups is 1. The van der Waals surface area contributed by atoms with E-state index in [1.807, 2.05) is 0 Å². The minimum Gasteiger partial charge on any atom is -0.386 e. The maximum atomic E-state index is 14.8. The molecule has 1 unspecified atom stereocenters. The largest absolute Gasteiger partial charge is 0.386 e. The van der Waals surface area contributed by atoms with Crippen LogP contribution in [0.3, 0.4) is 0 Å². The molecule has 32 heavy (non-hydrogen) atoms. The molecule has 12 heteroatoms. The van der Waals surface area contributed by atoms with Gasteiger partial charge in [-0.15, -0.1) is 0 Å². The zero-order chi connectivity index (χ0) is 23.2. The van der Waals surface area contributed by atoms with Gasteiger partial charge in [-0.3, -0.25) is 0 Å². The summed E-state index contributed by atoms with van der Waals surface area (Å²) >= 11 is 0. The summed E-state index contributed by atoms with van der Waals surface area (Å²) in [6.07, 6.45) is -1.85. The summed E-state index contributed by atoms with van der Waals surface area (Å²) < 4.78 is 96.7. The standard InChI is InChI=1S/C20H18F5N3O3S/c1-32(29,30)27-16-9-28(8-15(16)25)18-7-17(31-26-18)20-11(5-10(21)6-14(20)24)19-12(22)3-2-4-13(19)23/h2-6,15-17,27H,7-9H2,1H3/t15-,16+,17?/m0/s1. The molecule has 0 aromatic heterocycles. The highest BCUT2D eigenvalue weighted by Crippen LogP contribution is 2.40. The molecule has 2 aliphatic heterocycles. The van der Waals surface area contributed by atoms with Crippen LogP contribution in [0.15, 0.2) is 35.5 Å². The molecule has 0 saturated carbocycles. The van der Waals surface area contributed by atoms with Crippen molar-refractivity contribution in [2.45, 2.75) is 24.7 Å². The summed E-state index contributed by atoms with van der Waals surface area (Å²) in [5.74, 6) is -3.92. The van der Waals surface area contributed by atoms with E-state index < -0.39 is 57.2 Å². The first-order valence-corrected chi connectivity index (χ1v) is 11.4. The van der Waals surface area contributed by atoms with Crippen LogP contribution in [0.2, 0.25) is 0 Å². The number of alkyl halides is 1. The van der Waals surface area contributed by atoms with Crippen LogP contribution in [0.5, 0.6) is 0 Å². The van der Waals surface area contributed by atoms with Crippen molar-refractivity contribution in [2.24, 2.45) is 5.16 Å². The van der Waals surface area contributed by atoms with Crippen LogP contribution in [0.1, 0.15) is 18.1 Å². The minimum atomic E-state index is -3.64. The Kier molecular flexibility index (Phi) is 5.84. The molecule has 0 spiro atoms. The molecule has 1 N–H and O–H groups in total. The van der Waals surface area contributed by atoms with Crippen molar-refractivity contribution in [3.8, 4) is 11.1 Å². The third-order valence-electron chi connectivity index (χ3n) is 5.28. The Bertz CT molecular complexity index is 1170. The van der Waals surface area contributed by atoms with Crippen molar-refractivity contribution in [1.82, 2.24) is 9.62 Å². The summed E-state index contributed by atoms with van der Waals surface area (Å²) in [6, 6.07) is 3.42. The van der Waals surface area contributed by atoms with Crippen molar-refractivity contribution < 1.29 is 35.2 Å². The molecule has 1 saturated heterocycles. The van der Waals surface area contributed by atoms with Crippen LogP contribution in [-0.4, -0.2) is 50.7 Å². The molecule has 0 bridgehead atoms. The van der Waals surface area contributed by atoms with Gasteiger partial charge in [-0.2, -0.15) is 0 Å². The lowest BCUT2D eigenvalue weighted by atomic mass is 9.93. The van der Waals surface area contributed by atoms with Crippen LogP contribution in [0, 0.1) is 23.3 Å². The Labute approximate surface area is 180 Å². The lowest BCUT2D eigenvalue weighted by molar-refractivity contribution is 0.0831. The van der Waals surface area contributed by atoms with Crippen LogP contribution < -0.4 is 4.72 Å². The number of hydrogen-bond donors (Lipinski definition) is 1. The van der Waals surface area contributed by atoms with E-state index in [0.717, 1.165) is 30.5 Å². The number of benzene rings is 2. The number of hydrogen-bond acceptors (Lipinski definition) is 5. The molecule has 2 aromatic rings. The summed E-state index contributed by atoms with van der Waals surface area (Å²) in [5.41, 5.74) is -1.27. The number of amidine groups is 1. The lowest BCUT2D eigenvalue weighted by Gasteiger charge is -2.18. The predicted molar refractivity (Wildman–Crippen MR) is 106 cm³/mol. The Balaban J connectivity index is 1.61. The van der Waals surface area contributed by atoms with E-state index in [2.05, 4.69) is 9.88 Å². The van der Waals surface area contributed by atoms with E-state index in [9.17, 15) is 30.4 Å². The fourth-order valence-corrected chi connectivity index (χ4v) is 4.71. The minimum absolute atomic E-state index is 0.0378. The Morgan fingerprint density at radius 2 is 1.78 bits per heavy atom. The van der Waals surface area contributed by atoms with Gasteiger partial charge in [0.05, 0.1) is 30.8 Å². The van der Waals surface area contributed by atoms with Crippen molar-refractivity contribution in [2.75, 3.05) is 19.3 Å². The summed E-state index contributed by atoms with van der Waals surface area (Å²) in [4.78, 5) is 6.72. The highest BCUT2D eigenvalue weighted by atomic mass is 32.2. The number of likely N-dealkylation sites (tertiary alicyclic amines) is 1. The average molecular weight is 475 g/mol. The van der Waals surface area contributed by atoms with Gasteiger partial charge in [0.25, 0.3) is 0 Å². The molecule has 2 heterocycles. The third kappa shape index (κ3) is 4.42. The number of sulfonamides is 1. The molecular weight excluding hydrogens is 457 g/mol. The van der Waals surface area contributed by atoms with Crippen molar-refractivity contribution in [3.63, 3.8) is 0 Å². The van der Waals surface area contributed by atoms with Gasteiger partial charge < -0.3 is 9.74 Å². The third-order valence-corrected chi connectivity index (χ3v) is 6.01. The Hall–Kier alpha value is -2.73. The SMILES string of the molecule is CS(=O)(=O)N[C@@H]1CN(C2=NOC(c3c(F)cc(F)cc3-c3c(F)cccc3F)C2)C[C@@H]1F. The summed E-state index contributed by atoms with van der Waals surface area (Å²) in [6.45, 7) is -0.216. The van der Waals surface area contributed by atoms with Gasteiger partial charge in [0.1, 0.15) is 35.3 Å². The molecule has 1 fully saturated rings. The summed E-state index contributed by atoms with van der Waals surface area (Å²) in [5, 5.41) is 3.83. The second-order valence-electron chi connectivity index (χ2n) is 7.67. The predicted octanol–water partition coefficient (Wildman–Crippen LogP) is 3.26. The smallest absolute Gasteiger partial charge is 0.209 e. The molecule has 0 aliphatic carbocycles. The monoisotopic (exact) mass is 475 g/mol. The second kappa shape index (κ2) is 8.32. The van der Waals surface area contributed by atoms with E-state index >= 15 is 0 Å². The molecule has 6 nitrogen and oxygen atoms in total. The Morgan fingerprint density at radius 1 is 1.09 bits per heavy atom. The molecule has 4 rings (SSSR count). The fourth-order valence-electron chi connectivity index (χ4n) is 3.94. The van der Waals surface area contributed by atoms with Crippen LogP contribution >= 0.6 is 0 Å². The molecule has 0 amide bonds. The highest BCUT2D eigenvalue weighted by Gasteiger charge is 2.40. The first-order chi connectivity index (χ1) is 15.0. The van der Waals surface area contributed by atoms with E-state index in [1.54, 1.807) is 0 Å². The van der Waals surface area contributed by atoms with Gasteiger partial charge in [0.15, 0.2) is 6.10 Å². The maximum Gasteiger partial charge on any atom is 0.209 e. The first-order valence-electron chi connectivity index (χ1n) is 9.56. The van der Waals surface area contributed by atoms with E-state index in [1.165, 1.54) is 4.90 Å². The number of nitrogens with zero attached hydrogens (tertiary/aromatic N) is 2. The molecule has 2 aliphatic rings. The average Bonchev–Trinajstić information content (AvgIpc) is 3.27. The molecule has 2 aromatic carbocycles. The van der Waals surface area contributed by atoms with E-state index in [-0.39, 0.29) is 36.5 Å². The maximum absolute atomic E-state index is 14.8. The van der Waals surface area contributed by atoms with Gasteiger partial charge in [-0.1, -0.05) is 11.2 Å². The quantitative estimate of drug-likeness (QED) is 0.690. The number of nitrogens with one attached hydrogen (secondary N) is 1. The van der Waals surface area contributed by atoms with Gasteiger partial charge in [0.2, 0.25) is 10.0 Å². The van der Waals surface area contributed by atoms with Crippen molar-refractivity contribution >= 4 is 15.9 Å². The lowest BCUT2D eigenvalue weighted by Crippen LogP contribution is -2.41. The topological polar surface area (TPSA) is 71.0 Å². The fraction of sp³-hybridized carbons (Fsp3) is 0.350. The van der Waals surface area contributed by atoms with E-state index in [0.29, 0.717) is 6.07 Å². The molecule has 172 valence electrons.